The van der Waals surface area contributed by atoms with E-state index in [2.05, 4.69) is 225 Å². The highest BCUT2D eigenvalue weighted by Crippen LogP contribution is 2.58. The van der Waals surface area contributed by atoms with Gasteiger partial charge in [0.2, 0.25) is 0 Å². The van der Waals surface area contributed by atoms with E-state index in [1.165, 1.54) is 60.5 Å². The van der Waals surface area contributed by atoms with Crippen molar-refractivity contribution in [2.24, 2.45) is 5.92 Å². The van der Waals surface area contributed by atoms with Crippen molar-refractivity contribution < 1.29 is 4.74 Å². The van der Waals surface area contributed by atoms with Gasteiger partial charge in [-0.25, -0.2) is 0 Å². The summed E-state index contributed by atoms with van der Waals surface area (Å²) in [7, 11) is 0. The maximum absolute atomic E-state index is 7.24. The Morgan fingerprint density at radius 3 is 2.18 bits per heavy atom. The Morgan fingerprint density at radius 1 is 0.672 bits per heavy atom. The standard InChI is InChI=1S/C64H50N2O/c1-7-9-10-20-45(18-8-2)66-56-26-15-13-21-50(56)52-34-30-44(39-59(52)66)43-31-37-58-54(38-43)51-22-14-16-27-57(51)65(58)46-32-28-42(29-33-46)49-25-17-24-47-41(4)48-35-36-55-60(63(48)67-62(47)49)53-23-12-11-19-40(3)61(53)64(55,5)6/h2,11-19,21-41H,7,20H2,1,3-6H3/b45-18+. The van der Waals surface area contributed by atoms with Gasteiger partial charge in [0, 0.05) is 79.0 Å². The van der Waals surface area contributed by atoms with Crippen molar-refractivity contribution in [3.63, 3.8) is 0 Å². The predicted molar refractivity (Wildman–Crippen MR) is 282 cm³/mol. The molecule has 0 spiro atoms. The normalized spacial score (nSPS) is 16.9. The van der Waals surface area contributed by atoms with Crippen molar-refractivity contribution in [1.29, 1.82) is 0 Å². The fraction of sp³-hybridized carbons (Fsp3) is 0.156. The SMILES string of the molecule is C#C/C=C(\CC#CCC)n1c2ccccc2c2ccc(-c3ccc4c(c3)c3ccccc3n4-c3ccc(-c4cccc5c4Oc4c(ccc6c4C4=C(C(C)C=CC=C4)C6(C)C)C5C)cc3)cc21. The zero-order valence-electron chi connectivity index (χ0n) is 38.6. The molecule has 3 nitrogen and oxygen atoms in total. The minimum atomic E-state index is -0.0973. The van der Waals surface area contributed by atoms with Gasteiger partial charge in [0.15, 0.2) is 0 Å². The molecular weight excluding hydrogens is 813 g/mol. The molecule has 67 heavy (non-hydrogen) atoms. The van der Waals surface area contributed by atoms with Crippen molar-refractivity contribution in [3.05, 3.63) is 198 Å². The molecule has 0 radical (unpaired) electrons. The van der Waals surface area contributed by atoms with Crippen LogP contribution in [0, 0.1) is 30.1 Å². The van der Waals surface area contributed by atoms with Gasteiger partial charge in [-0.1, -0.05) is 168 Å². The number of nitrogens with zero attached hydrogens (tertiary/aromatic N) is 2. The lowest BCUT2D eigenvalue weighted by atomic mass is 9.75. The first kappa shape index (κ1) is 40.5. The zero-order chi connectivity index (χ0) is 45.6. The van der Waals surface area contributed by atoms with E-state index in [0.717, 1.165) is 68.1 Å². The van der Waals surface area contributed by atoms with Crippen LogP contribution in [-0.2, 0) is 5.41 Å². The van der Waals surface area contributed by atoms with Crippen LogP contribution >= 0.6 is 0 Å². The van der Waals surface area contributed by atoms with Crippen molar-refractivity contribution in [2.75, 3.05) is 0 Å². The molecule has 322 valence electrons. The molecule has 12 rings (SSSR count). The smallest absolute Gasteiger partial charge is 0.139 e. The number of terminal acetylenes is 1. The maximum atomic E-state index is 7.24. The molecule has 0 saturated carbocycles. The maximum Gasteiger partial charge on any atom is 0.139 e. The van der Waals surface area contributed by atoms with E-state index >= 15 is 0 Å². The summed E-state index contributed by atoms with van der Waals surface area (Å²) in [5.74, 6) is 11.9. The Kier molecular flexibility index (Phi) is 9.43. The molecule has 0 saturated heterocycles. The number of rotatable bonds is 5. The van der Waals surface area contributed by atoms with Gasteiger partial charge in [-0.2, -0.15) is 0 Å². The fourth-order valence-corrected chi connectivity index (χ4v) is 11.7. The van der Waals surface area contributed by atoms with Crippen LogP contribution in [0.5, 0.6) is 11.5 Å². The minimum absolute atomic E-state index is 0.0973. The largest absolute Gasteiger partial charge is 0.455 e. The van der Waals surface area contributed by atoms with Gasteiger partial charge in [0.25, 0.3) is 0 Å². The van der Waals surface area contributed by atoms with Gasteiger partial charge in [-0.3, -0.25) is 0 Å². The predicted octanol–water partition coefficient (Wildman–Crippen LogP) is 16.6. The first-order chi connectivity index (χ1) is 32.8. The topological polar surface area (TPSA) is 19.1 Å². The Hall–Kier alpha value is -7.98. The van der Waals surface area contributed by atoms with Crippen LogP contribution in [0.4, 0.5) is 0 Å². The Labute approximate surface area is 393 Å². The average molecular weight is 863 g/mol. The summed E-state index contributed by atoms with van der Waals surface area (Å²) >= 11 is 0. The zero-order valence-corrected chi connectivity index (χ0v) is 38.6. The molecule has 9 aromatic rings. The summed E-state index contributed by atoms with van der Waals surface area (Å²) in [5.41, 5.74) is 19.0. The van der Waals surface area contributed by atoms with E-state index in [9.17, 15) is 0 Å². The minimum Gasteiger partial charge on any atom is -0.455 e. The fourth-order valence-electron chi connectivity index (χ4n) is 11.7. The summed E-state index contributed by atoms with van der Waals surface area (Å²) in [5, 5.41) is 4.81. The molecule has 0 fully saturated rings. The monoisotopic (exact) mass is 862 g/mol. The molecule has 0 N–H and O–H groups in total. The Bertz CT molecular complexity index is 3800. The van der Waals surface area contributed by atoms with Gasteiger partial charge >= 0.3 is 0 Å². The van der Waals surface area contributed by atoms with E-state index in [1.54, 1.807) is 0 Å². The second kappa shape index (κ2) is 15.6. The number of benzene rings is 7. The molecule has 0 amide bonds. The lowest BCUT2D eigenvalue weighted by Crippen LogP contribution is -2.21. The number of fused-ring (bicyclic) bond motifs is 11. The van der Waals surface area contributed by atoms with Crippen LogP contribution in [0.3, 0.4) is 0 Å². The van der Waals surface area contributed by atoms with Gasteiger partial charge in [0.05, 0.1) is 28.5 Å². The lowest BCUT2D eigenvalue weighted by molar-refractivity contribution is 0.448. The van der Waals surface area contributed by atoms with Crippen LogP contribution < -0.4 is 4.74 Å². The van der Waals surface area contributed by atoms with Gasteiger partial charge in [0.1, 0.15) is 11.5 Å². The van der Waals surface area contributed by atoms with Crippen LogP contribution in [0.2, 0.25) is 0 Å². The highest BCUT2D eigenvalue weighted by molar-refractivity contribution is 6.13. The van der Waals surface area contributed by atoms with E-state index in [1.807, 2.05) is 6.08 Å². The first-order valence-electron chi connectivity index (χ1n) is 23.6. The van der Waals surface area contributed by atoms with E-state index < -0.39 is 0 Å². The summed E-state index contributed by atoms with van der Waals surface area (Å²) < 4.78 is 11.9. The van der Waals surface area contributed by atoms with Gasteiger partial charge < -0.3 is 13.9 Å². The van der Waals surface area contributed by atoms with E-state index in [0.29, 0.717) is 12.3 Å². The van der Waals surface area contributed by atoms with Crippen molar-refractivity contribution in [2.45, 2.75) is 58.8 Å². The molecule has 3 heteroatoms. The summed E-state index contributed by atoms with van der Waals surface area (Å²) in [4.78, 5) is 0. The van der Waals surface area contributed by atoms with Gasteiger partial charge in [-0.15, -0.1) is 12.3 Å². The Morgan fingerprint density at radius 2 is 1.37 bits per heavy atom. The van der Waals surface area contributed by atoms with Gasteiger partial charge in [-0.05, 0) is 81.8 Å². The van der Waals surface area contributed by atoms with Crippen molar-refractivity contribution in [3.8, 4) is 63.6 Å². The highest BCUT2D eigenvalue weighted by Gasteiger charge is 2.43. The third-order valence-corrected chi connectivity index (χ3v) is 14.7. The second-order valence-corrected chi connectivity index (χ2v) is 18.8. The molecule has 7 aromatic carbocycles. The number of hydrogen-bond donors (Lipinski definition) is 0. The number of hydrogen-bond acceptors (Lipinski definition) is 1. The third-order valence-electron chi connectivity index (χ3n) is 14.7. The molecule has 3 aliphatic rings. The van der Waals surface area contributed by atoms with Crippen LogP contribution in [0.1, 0.15) is 75.6 Å². The second-order valence-electron chi connectivity index (χ2n) is 18.8. The molecule has 2 aliphatic carbocycles. The van der Waals surface area contributed by atoms with Crippen LogP contribution in [-0.4, -0.2) is 9.13 Å². The highest BCUT2D eigenvalue weighted by atomic mass is 16.5. The molecule has 2 unspecified atom stereocenters. The molecule has 2 atom stereocenters. The number of allylic oxidation sites excluding steroid dienone is 8. The lowest BCUT2D eigenvalue weighted by Gasteiger charge is -2.31. The first-order valence-corrected chi connectivity index (χ1v) is 23.6. The molecule has 1 aliphatic heterocycles. The van der Waals surface area contributed by atoms with Crippen molar-refractivity contribution >= 4 is 54.9 Å². The summed E-state index contributed by atoms with van der Waals surface area (Å²) in [6, 6.07) is 51.4. The summed E-state index contributed by atoms with van der Waals surface area (Å²) in [6.07, 6.45) is 18.2. The van der Waals surface area contributed by atoms with Crippen LogP contribution in [0.25, 0.3) is 82.8 Å². The van der Waals surface area contributed by atoms with Crippen molar-refractivity contribution in [1.82, 2.24) is 9.13 Å². The van der Waals surface area contributed by atoms with E-state index in [4.69, 9.17) is 11.2 Å². The number of aromatic nitrogens is 2. The Balaban J connectivity index is 0.933. The van der Waals surface area contributed by atoms with Crippen LogP contribution in [0.15, 0.2) is 175 Å². The number of ether oxygens (including phenoxy) is 1. The third kappa shape index (κ3) is 6.15. The molecule has 2 aromatic heterocycles. The van der Waals surface area contributed by atoms with E-state index in [-0.39, 0.29) is 11.3 Å². The molecule has 0 bridgehead atoms. The molecular formula is C64H50N2O. The quantitative estimate of drug-likeness (QED) is 0.158. The number of para-hydroxylation sites is 3. The average Bonchev–Trinajstić information content (AvgIpc) is 3.87. The molecule has 3 heterocycles. The summed E-state index contributed by atoms with van der Waals surface area (Å²) in [6.45, 7) is 11.5.